The average molecular weight is 486 g/mol. The molecule has 0 aliphatic carbocycles. The second-order valence-corrected chi connectivity index (χ2v) is 9.49. The molecular weight excluding hydrogens is 458 g/mol. The predicted molar refractivity (Wildman–Crippen MR) is 138 cm³/mol. The van der Waals surface area contributed by atoms with E-state index in [1.165, 1.54) is 11.8 Å². The standard InChI is InChI=1S/C28H27N3O3S/c1-30-22-14-8-7-13-21(22)25-26(27(33)29-16-19-10-4-3-5-11-19)31(24(32)18-35-28(25)30)17-20-12-6-9-15-23(20)34-2/h3-15,26H,16-18H2,1-2H3,(H,29,33)/t26-/m1/s1. The monoisotopic (exact) mass is 485 g/mol. The molecule has 2 heterocycles. The van der Waals surface area contributed by atoms with Gasteiger partial charge in [-0.3, -0.25) is 9.59 Å². The molecule has 3 aromatic carbocycles. The number of para-hydroxylation sites is 2. The summed E-state index contributed by atoms with van der Waals surface area (Å²) in [7, 11) is 3.61. The Labute approximate surface area is 208 Å². The number of aromatic nitrogens is 1. The number of rotatable bonds is 6. The number of fused-ring (bicyclic) bond motifs is 3. The van der Waals surface area contributed by atoms with Crippen molar-refractivity contribution in [3.05, 3.63) is 95.6 Å². The van der Waals surface area contributed by atoms with Gasteiger partial charge in [-0.05, 0) is 17.7 Å². The molecule has 0 bridgehead atoms. The van der Waals surface area contributed by atoms with Gasteiger partial charge in [0.15, 0.2) is 0 Å². The third kappa shape index (κ3) is 4.39. The number of hydrogen-bond acceptors (Lipinski definition) is 4. The van der Waals surface area contributed by atoms with Crippen molar-refractivity contribution in [3.63, 3.8) is 0 Å². The molecule has 1 aliphatic heterocycles. The molecule has 1 aliphatic rings. The summed E-state index contributed by atoms with van der Waals surface area (Å²) in [6, 6.07) is 24.7. The molecule has 7 heteroatoms. The fraction of sp³-hybridized carbons (Fsp3) is 0.214. The van der Waals surface area contributed by atoms with Gasteiger partial charge in [0.1, 0.15) is 11.8 Å². The van der Waals surface area contributed by atoms with Crippen LogP contribution in [0.5, 0.6) is 5.75 Å². The lowest BCUT2D eigenvalue weighted by atomic mass is 10.0. The van der Waals surface area contributed by atoms with Gasteiger partial charge in [-0.1, -0.05) is 78.5 Å². The first-order chi connectivity index (χ1) is 17.1. The van der Waals surface area contributed by atoms with Crippen LogP contribution in [-0.2, 0) is 29.7 Å². The van der Waals surface area contributed by atoms with Gasteiger partial charge >= 0.3 is 0 Å². The summed E-state index contributed by atoms with van der Waals surface area (Å²) in [4.78, 5) is 29.1. The molecule has 0 fully saturated rings. The summed E-state index contributed by atoms with van der Waals surface area (Å²) in [5.41, 5.74) is 3.78. The van der Waals surface area contributed by atoms with Crippen LogP contribution in [0.3, 0.4) is 0 Å². The Morgan fingerprint density at radius 1 is 1.03 bits per heavy atom. The number of hydrogen-bond donors (Lipinski definition) is 1. The largest absolute Gasteiger partial charge is 0.496 e. The van der Waals surface area contributed by atoms with Crippen molar-refractivity contribution in [1.82, 2.24) is 14.8 Å². The minimum Gasteiger partial charge on any atom is -0.496 e. The van der Waals surface area contributed by atoms with Gasteiger partial charge < -0.3 is 19.5 Å². The number of aryl methyl sites for hydroxylation is 1. The zero-order valence-electron chi connectivity index (χ0n) is 19.7. The summed E-state index contributed by atoms with van der Waals surface area (Å²) in [5, 5.41) is 5.02. The Balaban J connectivity index is 1.61. The molecular formula is C28H27N3O3S. The second kappa shape index (κ2) is 9.88. The van der Waals surface area contributed by atoms with Gasteiger partial charge in [0.2, 0.25) is 11.8 Å². The highest BCUT2D eigenvalue weighted by Gasteiger charge is 2.39. The zero-order chi connectivity index (χ0) is 24.4. The number of nitrogens with one attached hydrogen (secondary N) is 1. The van der Waals surface area contributed by atoms with Crippen LogP contribution in [0.2, 0.25) is 0 Å². The maximum Gasteiger partial charge on any atom is 0.247 e. The first-order valence-electron chi connectivity index (χ1n) is 11.5. The number of amides is 2. The van der Waals surface area contributed by atoms with Gasteiger partial charge in [-0.25, -0.2) is 0 Å². The molecule has 0 saturated heterocycles. The summed E-state index contributed by atoms with van der Waals surface area (Å²) < 4.78 is 7.64. The maximum absolute atomic E-state index is 13.9. The Hall–Kier alpha value is -3.71. The van der Waals surface area contributed by atoms with Gasteiger partial charge in [0.25, 0.3) is 0 Å². The van der Waals surface area contributed by atoms with E-state index in [2.05, 4.69) is 16.0 Å². The van der Waals surface area contributed by atoms with Crippen LogP contribution in [0, 0.1) is 0 Å². The lowest BCUT2D eigenvalue weighted by molar-refractivity contribution is -0.139. The molecule has 1 aromatic heterocycles. The van der Waals surface area contributed by atoms with Gasteiger partial charge in [0, 0.05) is 35.6 Å². The van der Waals surface area contributed by atoms with Crippen molar-refractivity contribution >= 4 is 34.5 Å². The molecule has 0 spiro atoms. The van der Waals surface area contributed by atoms with E-state index in [1.807, 2.05) is 79.8 Å². The fourth-order valence-electron chi connectivity index (χ4n) is 4.70. The fourth-order valence-corrected chi connectivity index (χ4v) is 5.80. The Morgan fingerprint density at radius 2 is 1.74 bits per heavy atom. The van der Waals surface area contributed by atoms with Crippen LogP contribution in [0.25, 0.3) is 10.9 Å². The highest BCUT2D eigenvalue weighted by Crippen LogP contribution is 2.42. The normalized spacial score (nSPS) is 15.5. The Morgan fingerprint density at radius 3 is 2.54 bits per heavy atom. The van der Waals surface area contributed by atoms with E-state index in [4.69, 9.17) is 4.74 Å². The summed E-state index contributed by atoms with van der Waals surface area (Å²) >= 11 is 1.49. The van der Waals surface area contributed by atoms with E-state index < -0.39 is 6.04 Å². The molecule has 0 saturated carbocycles. The van der Waals surface area contributed by atoms with Crippen molar-refractivity contribution in [3.8, 4) is 5.75 Å². The van der Waals surface area contributed by atoms with E-state index in [0.717, 1.165) is 32.6 Å². The molecule has 5 rings (SSSR count). The molecule has 6 nitrogen and oxygen atoms in total. The third-order valence-electron chi connectivity index (χ3n) is 6.42. The summed E-state index contributed by atoms with van der Waals surface area (Å²) in [5.74, 6) is 0.673. The molecule has 4 aromatic rings. The SMILES string of the molecule is COc1ccccc1CN1C(=O)CSc2c(c3ccccc3n2C)[C@@H]1C(=O)NCc1ccccc1. The quantitative estimate of drug-likeness (QED) is 0.431. The van der Waals surface area contributed by atoms with Crippen molar-refractivity contribution in [1.29, 1.82) is 0 Å². The van der Waals surface area contributed by atoms with Crippen molar-refractivity contribution in [2.75, 3.05) is 12.9 Å². The van der Waals surface area contributed by atoms with Gasteiger partial charge in [-0.15, -0.1) is 0 Å². The minimum absolute atomic E-state index is 0.0824. The zero-order valence-corrected chi connectivity index (χ0v) is 20.5. The maximum atomic E-state index is 13.9. The molecule has 2 amide bonds. The predicted octanol–water partition coefficient (Wildman–Crippen LogP) is 4.68. The first-order valence-corrected chi connectivity index (χ1v) is 12.5. The van der Waals surface area contributed by atoms with E-state index in [0.29, 0.717) is 12.3 Å². The number of ether oxygens (including phenoxy) is 1. The number of methoxy groups -OCH3 is 1. The van der Waals surface area contributed by atoms with E-state index in [9.17, 15) is 9.59 Å². The van der Waals surface area contributed by atoms with Gasteiger partial charge in [0.05, 0.1) is 24.4 Å². The van der Waals surface area contributed by atoms with Crippen molar-refractivity contribution < 1.29 is 14.3 Å². The number of carbonyl (C=O) groups is 2. The van der Waals surface area contributed by atoms with Crippen LogP contribution < -0.4 is 10.1 Å². The van der Waals surface area contributed by atoms with E-state index in [1.54, 1.807) is 12.0 Å². The number of nitrogens with zero attached hydrogens (tertiary/aromatic N) is 2. The lowest BCUT2D eigenvalue weighted by Crippen LogP contribution is -2.43. The van der Waals surface area contributed by atoms with Crippen LogP contribution in [0.4, 0.5) is 0 Å². The highest BCUT2D eigenvalue weighted by molar-refractivity contribution is 8.00. The van der Waals surface area contributed by atoms with Crippen LogP contribution >= 0.6 is 11.8 Å². The number of carbonyl (C=O) groups excluding carboxylic acids is 2. The minimum atomic E-state index is -0.771. The van der Waals surface area contributed by atoms with Crippen LogP contribution in [0.15, 0.2) is 83.9 Å². The highest BCUT2D eigenvalue weighted by atomic mass is 32.2. The second-order valence-electron chi connectivity index (χ2n) is 8.52. The topological polar surface area (TPSA) is 63.6 Å². The molecule has 35 heavy (non-hydrogen) atoms. The smallest absolute Gasteiger partial charge is 0.247 e. The summed E-state index contributed by atoms with van der Waals surface area (Å²) in [6.07, 6.45) is 0. The van der Waals surface area contributed by atoms with Crippen molar-refractivity contribution in [2.24, 2.45) is 7.05 Å². The summed E-state index contributed by atoms with van der Waals surface area (Å²) in [6.45, 7) is 0.662. The van der Waals surface area contributed by atoms with Crippen molar-refractivity contribution in [2.45, 2.75) is 24.2 Å². The number of benzene rings is 3. The third-order valence-corrected chi connectivity index (χ3v) is 7.58. The molecule has 178 valence electrons. The van der Waals surface area contributed by atoms with Crippen LogP contribution in [-0.4, -0.2) is 34.1 Å². The molecule has 0 radical (unpaired) electrons. The van der Waals surface area contributed by atoms with E-state index in [-0.39, 0.29) is 24.1 Å². The van der Waals surface area contributed by atoms with E-state index >= 15 is 0 Å². The lowest BCUT2D eigenvalue weighted by Gasteiger charge is -2.30. The Kier molecular flexibility index (Phi) is 6.51. The average Bonchev–Trinajstić information content (AvgIpc) is 3.08. The first kappa shape index (κ1) is 23.1. The number of thioether (sulfide) groups is 1. The van der Waals surface area contributed by atoms with Gasteiger partial charge in [-0.2, -0.15) is 0 Å². The van der Waals surface area contributed by atoms with Crippen LogP contribution in [0.1, 0.15) is 22.7 Å². The molecule has 1 atom stereocenters. The molecule has 1 N–H and O–H groups in total. The Bertz CT molecular complexity index is 1380. The molecule has 0 unspecified atom stereocenters.